The topological polar surface area (TPSA) is 56.6 Å². The van der Waals surface area contributed by atoms with E-state index in [1.807, 2.05) is 7.05 Å². The standard InChI is InChI=1S/C14H16FN3O2/c1-17-5-7-18(8-6-17)14(19)10-20-13-4-2-3-12(15)11(13)9-16/h2-4H,5-8,10H2,1H3. The second kappa shape index (κ2) is 6.35. The summed E-state index contributed by atoms with van der Waals surface area (Å²) < 4.78 is 18.7. The van der Waals surface area contributed by atoms with Gasteiger partial charge in [0.1, 0.15) is 23.2 Å². The largest absolute Gasteiger partial charge is 0.482 e. The molecule has 5 nitrogen and oxygen atoms in total. The van der Waals surface area contributed by atoms with Gasteiger partial charge in [-0.25, -0.2) is 4.39 Å². The van der Waals surface area contributed by atoms with E-state index in [0.29, 0.717) is 13.1 Å². The molecule has 0 atom stereocenters. The Bertz CT molecular complexity index is 534. The summed E-state index contributed by atoms with van der Waals surface area (Å²) in [4.78, 5) is 15.8. The van der Waals surface area contributed by atoms with Crippen LogP contribution in [0.1, 0.15) is 5.56 Å². The van der Waals surface area contributed by atoms with E-state index >= 15 is 0 Å². The molecular weight excluding hydrogens is 261 g/mol. The Morgan fingerprint density at radius 3 is 2.75 bits per heavy atom. The predicted octanol–water partition coefficient (Wildman–Crippen LogP) is 0.850. The Morgan fingerprint density at radius 1 is 1.40 bits per heavy atom. The number of nitriles is 1. The molecule has 1 aliphatic rings. The van der Waals surface area contributed by atoms with E-state index in [9.17, 15) is 9.18 Å². The molecule has 1 saturated heterocycles. The highest BCUT2D eigenvalue weighted by atomic mass is 19.1. The zero-order valence-electron chi connectivity index (χ0n) is 11.3. The Labute approximate surface area is 117 Å². The summed E-state index contributed by atoms with van der Waals surface area (Å²) in [7, 11) is 2.00. The van der Waals surface area contributed by atoms with Crippen LogP contribution >= 0.6 is 0 Å². The van der Waals surface area contributed by atoms with Gasteiger partial charge in [-0.2, -0.15) is 5.26 Å². The van der Waals surface area contributed by atoms with Crippen molar-refractivity contribution < 1.29 is 13.9 Å². The number of carbonyl (C=O) groups excluding carboxylic acids is 1. The van der Waals surface area contributed by atoms with Crippen LogP contribution in [0.5, 0.6) is 5.75 Å². The van der Waals surface area contributed by atoms with Gasteiger partial charge in [-0.1, -0.05) is 6.07 Å². The Morgan fingerprint density at radius 2 is 2.10 bits per heavy atom. The zero-order chi connectivity index (χ0) is 14.5. The molecule has 1 amide bonds. The molecule has 0 radical (unpaired) electrons. The molecule has 106 valence electrons. The highest BCUT2D eigenvalue weighted by Gasteiger charge is 2.20. The molecule has 0 aliphatic carbocycles. The summed E-state index contributed by atoms with van der Waals surface area (Å²) in [6.07, 6.45) is 0. The van der Waals surface area contributed by atoms with Gasteiger partial charge in [0.15, 0.2) is 6.61 Å². The first-order valence-corrected chi connectivity index (χ1v) is 6.39. The van der Waals surface area contributed by atoms with Crippen LogP contribution in [0.3, 0.4) is 0 Å². The van der Waals surface area contributed by atoms with Crippen LogP contribution in [0, 0.1) is 17.1 Å². The van der Waals surface area contributed by atoms with E-state index in [0.717, 1.165) is 13.1 Å². The number of piperazine rings is 1. The summed E-state index contributed by atoms with van der Waals surface area (Å²) in [5.74, 6) is -0.682. The summed E-state index contributed by atoms with van der Waals surface area (Å²) in [5.41, 5.74) is -0.168. The van der Waals surface area contributed by atoms with Crippen LogP contribution in [-0.2, 0) is 4.79 Å². The first kappa shape index (κ1) is 14.3. The number of nitrogens with zero attached hydrogens (tertiary/aromatic N) is 3. The van der Waals surface area contributed by atoms with E-state index in [1.54, 1.807) is 11.0 Å². The number of likely N-dealkylation sites (N-methyl/N-ethyl adjacent to an activating group) is 1. The zero-order valence-corrected chi connectivity index (χ0v) is 11.3. The number of ether oxygens (including phenoxy) is 1. The van der Waals surface area contributed by atoms with Crippen molar-refractivity contribution in [2.24, 2.45) is 0 Å². The van der Waals surface area contributed by atoms with Gasteiger partial charge >= 0.3 is 0 Å². The lowest BCUT2D eigenvalue weighted by molar-refractivity contribution is -0.134. The summed E-state index contributed by atoms with van der Waals surface area (Å²) >= 11 is 0. The maximum atomic E-state index is 13.4. The molecular formula is C14H16FN3O2. The van der Waals surface area contributed by atoms with Gasteiger partial charge in [0.05, 0.1) is 0 Å². The second-order valence-electron chi connectivity index (χ2n) is 4.70. The summed E-state index contributed by atoms with van der Waals surface area (Å²) in [5, 5.41) is 8.87. The summed E-state index contributed by atoms with van der Waals surface area (Å²) in [6, 6.07) is 5.86. The third-order valence-corrected chi connectivity index (χ3v) is 3.29. The first-order chi connectivity index (χ1) is 9.61. The van der Waals surface area contributed by atoms with Crippen LogP contribution in [0.25, 0.3) is 0 Å². The van der Waals surface area contributed by atoms with Crippen LogP contribution in [0.4, 0.5) is 4.39 Å². The van der Waals surface area contributed by atoms with E-state index in [1.165, 1.54) is 18.2 Å². The Hall–Kier alpha value is -2.13. The van der Waals surface area contributed by atoms with Gasteiger partial charge < -0.3 is 14.5 Å². The normalized spacial score (nSPS) is 15.8. The molecule has 1 fully saturated rings. The maximum absolute atomic E-state index is 13.4. The predicted molar refractivity (Wildman–Crippen MR) is 70.7 cm³/mol. The molecule has 0 unspecified atom stereocenters. The molecule has 1 aliphatic heterocycles. The van der Waals surface area contributed by atoms with Crippen molar-refractivity contribution in [1.82, 2.24) is 9.80 Å². The SMILES string of the molecule is CN1CCN(C(=O)COc2cccc(F)c2C#N)CC1. The Kier molecular flexibility index (Phi) is 4.53. The molecule has 1 aromatic carbocycles. The Balaban J connectivity index is 1.94. The van der Waals surface area contributed by atoms with Crippen molar-refractivity contribution in [2.75, 3.05) is 39.8 Å². The van der Waals surface area contributed by atoms with Crippen LogP contribution < -0.4 is 4.74 Å². The fourth-order valence-electron chi connectivity index (χ4n) is 2.02. The van der Waals surface area contributed by atoms with Crippen molar-refractivity contribution in [1.29, 1.82) is 5.26 Å². The first-order valence-electron chi connectivity index (χ1n) is 6.39. The quantitative estimate of drug-likeness (QED) is 0.822. The molecule has 2 rings (SSSR count). The smallest absolute Gasteiger partial charge is 0.260 e. The molecule has 1 aromatic rings. The lowest BCUT2D eigenvalue weighted by Crippen LogP contribution is -2.48. The highest BCUT2D eigenvalue weighted by Crippen LogP contribution is 2.20. The fourth-order valence-corrected chi connectivity index (χ4v) is 2.02. The molecule has 0 saturated carbocycles. The van der Waals surface area contributed by atoms with Crippen LogP contribution in [0.15, 0.2) is 18.2 Å². The summed E-state index contributed by atoms with van der Waals surface area (Å²) in [6.45, 7) is 2.80. The molecule has 0 N–H and O–H groups in total. The molecule has 0 aromatic heterocycles. The van der Waals surface area contributed by atoms with Crippen LogP contribution in [-0.4, -0.2) is 55.5 Å². The number of carbonyl (C=O) groups is 1. The fraction of sp³-hybridized carbons (Fsp3) is 0.429. The second-order valence-corrected chi connectivity index (χ2v) is 4.70. The number of rotatable bonds is 3. The minimum absolute atomic E-state index is 0.106. The minimum Gasteiger partial charge on any atom is -0.482 e. The lowest BCUT2D eigenvalue weighted by Gasteiger charge is -2.32. The average Bonchev–Trinajstić information content (AvgIpc) is 2.45. The number of amides is 1. The van der Waals surface area contributed by atoms with Gasteiger partial charge in [0.2, 0.25) is 0 Å². The molecule has 6 heteroatoms. The van der Waals surface area contributed by atoms with Crippen molar-refractivity contribution in [3.05, 3.63) is 29.6 Å². The average molecular weight is 277 g/mol. The monoisotopic (exact) mass is 277 g/mol. The highest BCUT2D eigenvalue weighted by molar-refractivity contribution is 5.78. The van der Waals surface area contributed by atoms with Gasteiger partial charge in [0, 0.05) is 26.2 Å². The number of benzene rings is 1. The number of hydrogen-bond acceptors (Lipinski definition) is 4. The van der Waals surface area contributed by atoms with E-state index in [-0.39, 0.29) is 23.8 Å². The molecule has 20 heavy (non-hydrogen) atoms. The van der Waals surface area contributed by atoms with Gasteiger partial charge in [-0.15, -0.1) is 0 Å². The number of hydrogen-bond donors (Lipinski definition) is 0. The molecule has 0 spiro atoms. The third kappa shape index (κ3) is 3.25. The van der Waals surface area contributed by atoms with E-state index in [4.69, 9.17) is 10.00 Å². The molecule has 1 heterocycles. The number of halogens is 1. The van der Waals surface area contributed by atoms with E-state index in [2.05, 4.69) is 4.90 Å². The van der Waals surface area contributed by atoms with Gasteiger partial charge in [0.25, 0.3) is 5.91 Å². The minimum atomic E-state index is -0.642. The van der Waals surface area contributed by atoms with Crippen LogP contribution in [0.2, 0.25) is 0 Å². The van der Waals surface area contributed by atoms with Gasteiger partial charge in [-0.3, -0.25) is 4.79 Å². The van der Waals surface area contributed by atoms with Crippen molar-refractivity contribution in [3.8, 4) is 11.8 Å². The third-order valence-electron chi connectivity index (χ3n) is 3.29. The molecule has 0 bridgehead atoms. The maximum Gasteiger partial charge on any atom is 0.260 e. The van der Waals surface area contributed by atoms with E-state index < -0.39 is 5.82 Å². The lowest BCUT2D eigenvalue weighted by atomic mass is 10.2. The van der Waals surface area contributed by atoms with Crippen molar-refractivity contribution in [3.63, 3.8) is 0 Å². The van der Waals surface area contributed by atoms with Crippen molar-refractivity contribution in [2.45, 2.75) is 0 Å². The van der Waals surface area contributed by atoms with Gasteiger partial charge in [-0.05, 0) is 19.2 Å². The van der Waals surface area contributed by atoms with Crippen molar-refractivity contribution >= 4 is 5.91 Å².